The van der Waals surface area contributed by atoms with Crippen LogP contribution >= 0.6 is 11.3 Å². The lowest BCUT2D eigenvalue weighted by Crippen LogP contribution is -2.47. The molecule has 0 saturated carbocycles. The molecule has 3 rings (SSSR count). The summed E-state index contributed by atoms with van der Waals surface area (Å²) in [6.45, 7) is 7.36. The predicted octanol–water partition coefficient (Wildman–Crippen LogP) is 6.01. The first-order valence-corrected chi connectivity index (χ1v) is 12.5. The number of rotatable bonds is 11. The van der Waals surface area contributed by atoms with E-state index in [0.29, 0.717) is 31.1 Å². The summed E-state index contributed by atoms with van der Waals surface area (Å²) in [7, 11) is 0. The van der Waals surface area contributed by atoms with Crippen molar-refractivity contribution in [3.05, 3.63) is 82.6 Å². The van der Waals surface area contributed by atoms with Gasteiger partial charge in [0.25, 0.3) is 0 Å². The minimum Gasteiger partial charge on any atom is -0.492 e. The van der Waals surface area contributed by atoms with Crippen LogP contribution in [0.2, 0.25) is 0 Å². The van der Waals surface area contributed by atoms with Crippen molar-refractivity contribution in [1.29, 1.82) is 0 Å². The number of carbonyl (C=O) groups excluding carboxylic acids is 2. The van der Waals surface area contributed by atoms with E-state index in [2.05, 4.69) is 5.32 Å². The van der Waals surface area contributed by atoms with Crippen LogP contribution in [0, 0.1) is 0 Å². The van der Waals surface area contributed by atoms with Gasteiger partial charge in [-0.3, -0.25) is 4.79 Å². The molecule has 1 aromatic heterocycles. The van der Waals surface area contributed by atoms with E-state index in [9.17, 15) is 9.59 Å². The molecule has 1 unspecified atom stereocenters. The van der Waals surface area contributed by atoms with Crippen LogP contribution < -0.4 is 10.1 Å². The zero-order chi connectivity index (χ0) is 24.3. The molecule has 3 amide bonds. The second-order valence-electron chi connectivity index (χ2n) is 8.06. The molecule has 34 heavy (non-hydrogen) atoms. The Morgan fingerprint density at radius 3 is 2.38 bits per heavy atom. The Labute approximate surface area is 206 Å². The van der Waals surface area contributed by atoms with Crippen molar-refractivity contribution in [3.8, 4) is 5.75 Å². The van der Waals surface area contributed by atoms with E-state index in [4.69, 9.17) is 4.74 Å². The lowest BCUT2D eigenvalue weighted by Gasteiger charge is -2.31. The molecule has 0 saturated heterocycles. The Hall–Kier alpha value is -3.32. The zero-order valence-electron chi connectivity index (χ0n) is 20.1. The number of benzene rings is 2. The summed E-state index contributed by atoms with van der Waals surface area (Å²) in [5.74, 6) is 0.517. The number of anilines is 1. The Balaban J connectivity index is 1.78. The number of amides is 3. The zero-order valence-corrected chi connectivity index (χ0v) is 20.9. The number of thiophene rings is 1. The molecule has 1 N–H and O–H groups in total. The molecule has 1 atom stereocenters. The number of carbonyl (C=O) groups is 2. The summed E-state index contributed by atoms with van der Waals surface area (Å²) in [5, 5.41) is 4.95. The third kappa shape index (κ3) is 7.09. The fourth-order valence-corrected chi connectivity index (χ4v) is 4.28. The van der Waals surface area contributed by atoms with Gasteiger partial charge < -0.3 is 19.9 Å². The van der Waals surface area contributed by atoms with Gasteiger partial charge in [-0.15, -0.1) is 11.3 Å². The molecule has 1 heterocycles. The Morgan fingerprint density at radius 2 is 1.71 bits per heavy atom. The first kappa shape index (κ1) is 25.3. The highest BCUT2D eigenvalue weighted by Gasteiger charge is 2.26. The van der Waals surface area contributed by atoms with Crippen LogP contribution in [0.3, 0.4) is 0 Å². The van der Waals surface area contributed by atoms with Gasteiger partial charge in [0.05, 0.1) is 18.8 Å². The van der Waals surface area contributed by atoms with Gasteiger partial charge in [0, 0.05) is 17.5 Å². The van der Waals surface area contributed by atoms with Crippen LogP contribution in [0.1, 0.15) is 37.6 Å². The van der Waals surface area contributed by atoms with Crippen molar-refractivity contribution in [1.82, 2.24) is 9.80 Å². The average Bonchev–Trinajstić information content (AvgIpc) is 3.36. The van der Waals surface area contributed by atoms with Gasteiger partial charge in [0.1, 0.15) is 12.3 Å². The molecule has 0 spiro atoms. The van der Waals surface area contributed by atoms with Crippen molar-refractivity contribution in [2.75, 3.05) is 18.5 Å². The van der Waals surface area contributed by atoms with E-state index in [1.807, 2.05) is 91.7 Å². The third-order valence-corrected chi connectivity index (χ3v) is 6.47. The number of ether oxygens (including phenoxy) is 1. The van der Waals surface area contributed by atoms with Crippen LogP contribution in [0.5, 0.6) is 5.75 Å². The highest BCUT2D eigenvalue weighted by atomic mass is 32.1. The fourth-order valence-electron chi connectivity index (χ4n) is 3.56. The van der Waals surface area contributed by atoms with Crippen LogP contribution in [-0.2, 0) is 17.9 Å². The third-order valence-electron chi connectivity index (χ3n) is 5.61. The second-order valence-corrected chi connectivity index (χ2v) is 9.09. The molecule has 0 aliphatic heterocycles. The monoisotopic (exact) mass is 479 g/mol. The highest BCUT2D eigenvalue weighted by molar-refractivity contribution is 7.09. The van der Waals surface area contributed by atoms with Gasteiger partial charge in [-0.25, -0.2) is 4.79 Å². The van der Waals surface area contributed by atoms with Crippen LogP contribution in [0.25, 0.3) is 0 Å². The molecular formula is C27H33N3O3S. The minimum absolute atomic E-state index is 0.00412. The molecule has 180 valence electrons. The fraction of sp³-hybridized carbons (Fsp3) is 0.333. The van der Waals surface area contributed by atoms with Gasteiger partial charge in [-0.2, -0.15) is 0 Å². The molecule has 0 radical (unpaired) electrons. The molecule has 7 heteroatoms. The Bertz CT molecular complexity index is 1040. The SMILES string of the molecule is CCOc1ccccc1NC(=O)N(CC(=O)N(Cc1ccccc1)Cc1cccs1)C(C)CC. The largest absolute Gasteiger partial charge is 0.492 e. The van der Waals surface area contributed by atoms with Crippen molar-refractivity contribution in [2.24, 2.45) is 0 Å². The Kier molecular flexibility index (Phi) is 9.52. The van der Waals surface area contributed by atoms with E-state index in [1.165, 1.54) is 0 Å². The highest BCUT2D eigenvalue weighted by Crippen LogP contribution is 2.24. The van der Waals surface area contributed by atoms with Gasteiger partial charge in [-0.1, -0.05) is 55.5 Å². The van der Waals surface area contributed by atoms with E-state index in [1.54, 1.807) is 22.3 Å². The molecule has 0 bridgehead atoms. The second kappa shape index (κ2) is 12.8. The first-order valence-electron chi connectivity index (χ1n) is 11.6. The Morgan fingerprint density at radius 1 is 0.971 bits per heavy atom. The number of hydrogen-bond acceptors (Lipinski definition) is 4. The number of hydrogen-bond donors (Lipinski definition) is 1. The maximum atomic E-state index is 13.5. The molecule has 0 aliphatic carbocycles. The quantitative estimate of drug-likeness (QED) is 0.366. The van der Waals surface area contributed by atoms with Crippen molar-refractivity contribution in [2.45, 2.75) is 46.3 Å². The van der Waals surface area contributed by atoms with Crippen molar-refractivity contribution in [3.63, 3.8) is 0 Å². The van der Waals surface area contributed by atoms with Gasteiger partial charge >= 0.3 is 6.03 Å². The standard InChI is InChI=1S/C27H33N3O3S/c1-4-21(3)30(27(32)28-24-15-9-10-16-25(24)33-5-2)20-26(31)29(19-23-14-11-17-34-23)18-22-12-7-6-8-13-22/h6-17,21H,4-5,18-20H2,1-3H3,(H,28,32). The van der Waals surface area contributed by atoms with Crippen molar-refractivity contribution < 1.29 is 14.3 Å². The van der Waals surface area contributed by atoms with E-state index in [0.717, 1.165) is 16.9 Å². The number of nitrogens with zero attached hydrogens (tertiary/aromatic N) is 2. The molecule has 0 fully saturated rings. The van der Waals surface area contributed by atoms with E-state index in [-0.39, 0.29) is 24.5 Å². The van der Waals surface area contributed by atoms with Gasteiger partial charge in [-0.05, 0) is 49.4 Å². The van der Waals surface area contributed by atoms with Crippen LogP contribution in [-0.4, -0.2) is 40.9 Å². The van der Waals surface area contributed by atoms with Crippen molar-refractivity contribution >= 4 is 29.0 Å². The smallest absolute Gasteiger partial charge is 0.322 e. The van der Waals surface area contributed by atoms with Gasteiger partial charge in [0.15, 0.2) is 0 Å². The lowest BCUT2D eigenvalue weighted by atomic mass is 10.2. The maximum absolute atomic E-state index is 13.5. The predicted molar refractivity (Wildman–Crippen MR) is 138 cm³/mol. The summed E-state index contributed by atoms with van der Waals surface area (Å²) in [4.78, 5) is 31.3. The number of nitrogens with one attached hydrogen (secondary N) is 1. The van der Waals surface area contributed by atoms with Crippen LogP contribution in [0.4, 0.5) is 10.5 Å². The molecular weight excluding hydrogens is 446 g/mol. The minimum atomic E-state index is -0.314. The molecule has 0 aliphatic rings. The topological polar surface area (TPSA) is 61.9 Å². The summed E-state index contributed by atoms with van der Waals surface area (Å²) in [5.41, 5.74) is 1.65. The first-order chi connectivity index (χ1) is 16.5. The molecule has 6 nitrogen and oxygen atoms in total. The lowest BCUT2D eigenvalue weighted by molar-refractivity contribution is -0.133. The number of urea groups is 1. The van der Waals surface area contributed by atoms with Gasteiger partial charge in [0.2, 0.25) is 5.91 Å². The molecule has 2 aromatic carbocycles. The molecule has 3 aromatic rings. The summed E-state index contributed by atoms with van der Waals surface area (Å²) >= 11 is 1.62. The number of para-hydroxylation sites is 2. The van der Waals surface area contributed by atoms with E-state index < -0.39 is 0 Å². The average molecular weight is 480 g/mol. The summed E-state index contributed by atoms with van der Waals surface area (Å²) in [6.07, 6.45) is 0.734. The summed E-state index contributed by atoms with van der Waals surface area (Å²) < 4.78 is 5.64. The van der Waals surface area contributed by atoms with Crippen LogP contribution in [0.15, 0.2) is 72.1 Å². The summed E-state index contributed by atoms with van der Waals surface area (Å²) in [6, 6.07) is 20.9. The normalized spacial score (nSPS) is 11.5. The van der Waals surface area contributed by atoms with E-state index >= 15 is 0 Å². The maximum Gasteiger partial charge on any atom is 0.322 e.